The van der Waals surface area contributed by atoms with Crippen LogP contribution in [-0.4, -0.2) is 29.5 Å². The van der Waals surface area contributed by atoms with E-state index in [0.29, 0.717) is 23.3 Å². The largest absolute Gasteiger partial charge is 0.437 e. The lowest BCUT2D eigenvalue weighted by Gasteiger charge is -2.00. The molecule has 0 radical (unpaired) electrons. The summed E-state index contributed by atoms with van der Waals surface area (Å²) in [7, 11) is 1.86. The molecule has 7 nitrogen and oxygen atoms in total. The molecule has 0 saturated carbocycles. The zero-order chi connectivity index (χ0) is 13.6. The summed E-state index contributed by atoms with van der Waals surface area (Å²) in [6.07, 6.45) is 3.60. The van der Waals surface area contributed by atoms with Gasteiger partial charge >= 0.3 is 0 Å². The Hall–Kier alpha value is -2.44. The van der Waals surface area contributed by atoms with Gasteiger partial charge < -0.3 is 4.42 Å². The Balaban J connectivity index is 2.20. The van der Waals surface area contributed by atoms with Crippen molar-refractivity contribution in [2.45, 2.75) is 20.8 Å². The van der Waals surface area contributed by atoms with Crippen molar-refractivity contribution in [1.82, 2.24) is 29.5 Å². The van der Waals surface area contributed by atoms with Gasteiger partial charge in [0.1, 0.15) is 11.5 Å². The maximum atomic E-state index is 5.62. The third-order valence-corrected chi connectivity index (χ3v) is 2.76. The van der Waals surface area contributed by atoms with Gasteiger partial charge in [0.25, 0.3) is 0 Å². The SMILES string of the molecule is Cc1nc(-c2oc(C)nc2C)n(-c2cnn(C)c2)n1. The summed E-state index contributed by atoms with van der Waals surface area (Å²) in [6, 6.07) is 0. The van der Waals surface area contributed by atoms with Crippen molar-refractivity contribution in [2.24, 2.45) is 7.05 Å². The Morgan fingerprint density at radius 3 is 2.53 bits per heavy atom. The molecular formula is C12H14N6O. The van der Waals surface area contributed by atoms with Crippen LogP contribution in [0.15, 0.2) is 16.8 Å². The van der Waals surface area contributed by atoms with Crippen molar-refractivity contribution in [3.63, 3.8) is 0 Å². The molecule has 98 valence electrons. The average molecular weight is 258 g/mol. The first-order valence-electron chi connectivity index (χ1n) is 5.91. The van der Waals surface area contributed by atoms with Crippen LogP contribution in [0, 0.1) is 20.8 Å². The van der Waals surface area contributed by atoms with Crippen LogP contribution in [0.1, 0.15) is 17.4 Å². The van der Waals surface area contributed by atoms with Crippen molar-refractivity contribution in [1.29, 1.82) is 0 Å². The molecule has 0 N–H and O–H groups in total. The van der Waals surface area contributed by atoms with Crippen LogP contribution in [0.2, 0.25) is 0 Å². The summed E-state index contributed by atoms with van der Waals surface area (Å²) in [6.45, 7) is 5.55. The predicted octanol–water partition coefficient (Wildman–Crippen LogP) is 1.58. The van der Waals surface area contributed by atoms with E-state index in [1.165, 1.54) is 0 Å². The van der Waals surface area contributed by atoms with Crippen LogP contribution in [0.4, 0.5) is 0 Å². The van der Waals surface area contributed by atoms with Gasteiger partial charge in [0, 0.05) is 14.0 Å². The predicted molar refractivity (Wildman–Crippen MR) is 67.8 cm³/mol. The van der Waals surface area contributed by atoms with Gasteiger partial charge in [-0.15, -0.1) is 0 Å². The summed E-state index contributed by atoms with van der Waals surface area (Å²) in [5, 5.41) is 8.53. The van der Waals surface area contributed by atoms with Gasteiger partial charge in [-0.25, -0.2) is 14.6 Å². The fourth-order valence-corrected chi connectivity index (χ4v) is 2.00. The van der Waals surface area contributed by atoms with Crippen LogP contribution in [0.5, 0.6) is 0 Å². The lowest BCUT2D eigenvalue weighted by molar-refractivity contribution is 0.528. The molecule has 0 atom stereocenters. The maximum absolute atomic E-state index is 5.62. The van der Waals surface area contributed by atoms with Crippen LogP contribution in [0.3, 0.4) is 0 Å². The number of aromatic nitrogens is 6. The van der Waals surface area contributed by atoms with Crippen molar-refractivity contribution >= 4 is 0 Å². The van der Waals surface area contributed by atoms with Crippen molar-refractivity contribution in [3.05, 3.63) is 29.8 Å². The minimum atomic E-state index is 0.617. The number of hydrogen-bond donors (Lipinski definition) is 0. The molecule has 0 bridgehead atoms. The highest BCUT2D eigenvalue weighted by atomic mass is 16.4. The van der Waals surface area contributed by atoms with E-state index in [2.05, 4.69) is 20.2 Å². The Morgan fingerprint density at radius 1 is 1.16 bits per heavy atom. The topological polar surface area (TPSA) is 74.6 Å². The van der Waals surface area contributed by atoms with Crippen molar-refractivity contribution in [3.8, 4) is 17.3 Å². The Bertz CT molecular complexity index is 735. The summed E-state index contributed by atoms with van der Waals surface area (Å²) >= 11 is 0. The highest BCUT2D eigenvalue weighted by Gasteiger charge is 2.19. The number of rotatable bonds is 2. The second-order valence-corrected chi connectivity index (χ2v) is 4.41. The molecule has 0 spiro atoms. The normalized spacial score (nSPS) is 11.2. The van der Waals surface area contributed by atoms with Gasteiger partial charge in [-0.1, -0.05) is 0 Å². The van der Waals surface area contributed by atoms with E-state index in [1.807, 2.05) is 34.0 Å². The summed E-state index contributed by atoms with van der Waals surface area (Å²) in [5.41, 5.74) is 1.64. The molecule has 0 aliphatic rings. The van der Waals surface area contributed by atoms with Crippen LogP contribution in [0.25, 0.3) is 17.3 Å². The lowest BCUT2D eigenvalue weighted by Crippen LogP contribution is -1.98. The van der Waals surface area contributed by atoms with Gasteiger partial charge in [0.05, 0.1) is 18.1 Å². The number of aryl methyl sites for hydroxylation is 4. The smallest absolute Gasteiger partial charge is 0.201 e. The van der Waals surface area contributed by atoms with Gasteiger partial charge in [0.2, 0.25) is 5.82 Å². The molecule has 3 aromatic heterocycles. The highest BCUT2D eigenvalue weighted by molar-refractivity contribution is 5.53. The second kappa shape index (κ2) is 4.04. The molecule has 3 aromatic rings. The zero-order valence-corrected chi connectivity index (χ0v) is 11.2. The van der Waals surface area contributed by atoms with Crippen molar-refractivity contribution in [2.75, 3.05) is 0 Å². The summed E-state index contributed by atoms with van der Waals surface area (Å²) in [4.78, 5) is 8.69. The molecule has 3 rings (SSSR count). The quantitative estimate of drug-likeness (QED) is 0.697. The minimum absolute atomic E-state index is 0.617. The third kappa shape index (κ3) is 1.92. The van der Waals surface area contributed by atoms with E-state index >= 15 is 0 Å². The molecular weight excluding hydrogens is 244 g/mol. The molecule has 7 heteroatoms. The Labute approximate surface area is 109 Å². The molecule has 3 heterocycles. The first-order valence-corrected chi connectivity index (χ1v) is 5.91. The fourth-order valence-electron chi connectivity index (χ4n) is 2.00. The van der Waals surface area contributed by atoms with E-state index in [0.717, 1.165) is 11.4 Å². The van der Waals surface area contributed by atoms with E-state index < -0.39 is 0 Å². The van der Waals surface area contributed by atoms with E-state index in [9.17, 15) is 0 Å². The molecule has 19 heavy (non-hydrogen) atoms. The first-order chi connectivity index (χ1) is 9.04. The molecule has 0 amide bonds. The second-order valence-electron chi connectivity index (χ2n) is 4.41. The van der Waals surface area contributed by atoms with Crippen LogP contribution >= 0.6 is 0 Å². The molecule has 0 aromatic carbocycles. The molecule has 0 saturated heterocycles. The highest BCUT2D eigenvalue weighted by Crippen LogP contribution is 2.24. The number of oxazole rings is 1. The van der Waals surface area contributed by atoms with Gasteiger partial charge in [-0.3, -0.25) is 4.68 Å². The third-order valence-electron chi connectivity index (χ3n) is 2.76. The van der Waals surface area contributed by atoms with Crippen LogP contribution < -0.4 is 0 Å². The first kappa shape index (κ1) is 11.6. The summed E-state index contributed by atoms with van der Waals surface area (Å²) in [5.74, 6) is 2.57. The van der Waals surface area contributed by atoms with Crippen molar-refractivity contribution < 1.29 is 4.42 Å². The molecule has 0 aliphatic heterocycles. The average Bonchev–Trinajstić information content (AvgIpc) is 2.99. The van der Waals surface area contributed by atoms with E-state index in [4.69, 9.17) is 4.42 Å². The molecule has 0 aliphatic carbocycles. The summed E-state index contributed by atoms with van der Waals surface area (Å²) < 4.78 is 9.06. The number of nitrogens with zero attached hydrogens (tertiary/aromatic N) is 6. The van der Waals surface area contributed by atoms with Gasteiger partial charge in [-0.05, 0) is 13.8 Å². The monoisotopic (exact) mass is 258 g/mol. The van der Waals surface area contributed by atoms with E-state index in [-0.39, 0.29) is 0 Å². The van der Waals surface area contributed by atoms with Gasteiger partial charge in [0.15, 0.2) is 11.7 Å². The Morgan fingerprint density at radius 2 is 1.95 bits per heavy atom. The number of hydrogen-bond acceptors (Lipinski definition) is 5. The Kier molecular flexibility index (Phi) is 2.48. The standard InChI is InChI=1S/C12H14N6O/c1-7-11(19-9(3)14-7)12-15-8(2)16-18(12)10-5-13-17(4)6-10/h5-6H,1-4H3. The lowest BCUT2D eigenvalue weighted by atomic mass is 10.3. The minimum Gasteiger partial charge on any atom is -0.437 e. The van der Waals surface area contributed by atoms with Crippen LogP contribution in [-0.2, 0) is 7.05 Å². The molecule has 0 fully saturated rings. The molecule has 0 unspecified atom stereocenters. The fraction of sp³-hybridized carbons (Fsp3) is 0.333. The van der Waals surface area contributed by atoms with E-state index in [1.54, 1.807) is 15.6 Å². The zero-order valence-electron chi connectivity index (χ0n) is 11.2. The van der Waals surface area contributed by atoms with Gasteiger partial charge in [-0.2, -0.15) is 10.2 Å². The maximum Gasteiger partial charge on any atom is 0.201 e.